The van der Waals surface area contributed by atoms with Crippen molar-refractivity contribution in [1.29, 1.82) is 0 Å². The Labute approximate surface area is 179 Å². The summed E-state index contributed by atoms with van der Waals surface area (Å²) in [5.41, 5.74) is 0. The summed E-state index contributed by atoms with van der Waals surface area (Å²) in [6.45, 7) is 6.77. The first-order valence-corrected chi connectivity index (χ1v) is 11.6. The van der Waals surface area contributed by atoms with Crippen molar-refractivity contribution in [2.24, 2.45) is 0 Å². The number of carbonyl (C=O) groups is 4. The average molecular weight is 465 g/mol. The summed E-state index contributed by atoms with van der Waals surface area (Å²) in [6, 6.07) is -1.03. The van der Waals surface area contributed by atoms with Gasteiger partial charge < -0.3 is 32.9 Å². The molecule has 2 saturated heterocycles. The van der Waals surface area contributed by atoms with Gasteiger partial charge >= 0.3 is 25.5 Å². The highest BCUT2D eigenvalue weighted by Gasteiger charge is 2.60. The fourth-order valence-electron chi connectivity index (χ4n) is 3.67. The molecule has 5 atom stereocenters. The molecule has 2 rings (SSSR count). The Bertz CT molecular complexity index is 747. The maximum Gasteiger partial charge on any atom is 0.340 e. The van der Waals surface area contributed by atoms with Gasteiger partial charge in [0.15, 0.2) is 12.2 Å². The lowest BCUT2D eigenvalue weighted by Crippen LogP contribution is -2.60. The van der Waals surface area contributed by atoms with Gasteiger partial charge in [0.25, 0.3) is 0 Å². The maximum atomic E-state index is 13.1. The SMILES string of the molecule is CCOP(=O)(CC(=O)N1C[C@H]2O[C@H](OC(C)=O)[C@@H](OC(C)=O)[C@@H]1[C@@H]2OC(C)=O)OCC. The van der Waals surface area contributed by atoms with Crippen molar-refractivity contribution < 1.29 is 51.7 Å². The van der Waals surface area contributed by atoms with E-state index in [1.807, 2.05) is 0 Å². The van der Waals surface area contributed by atoms with Crippen molar-refractivity contribution >= 4 is 31.4 Å². The highest BCUT2D eigenvalue weighted by molar-refractivity contribution is 7.54. The van der Waals surface area contributed by atoms with Crippen molar-refractivity contribution in [3.63, 3.8) is 0 Å². The van der Waals surface area contributed by atoms with Crippen LogP contribution < -0.4 is 0 Å². The van der Waals surface area contributed by atoms with E-state index in [-0.39, 0.29) is 19.8 Å². The predicted molar refractivity (Wildman–Crippen MR) is 103 cm³/mol. The summed E-state index contributed by atoms with van der Waals surface area (Å²) in [4.78, 5) is 49.2. The Morgan fingerprint density at radius 1 is 0.903 bits per heavy atom. The Hall–Kier alpha value is -2.01. The summed E-state index contributed by atoms with van der Waals surface area (Å²) in [7, 11) is -3.73. The zero-order chi connectivity index (χ0) is 23.3. The molecular formula is C18H28NO11P. The van der Waals surface area contributed by atoms with E-state index in [4.69, 9.17) is 28.0 Å². The molecule has 0 aromatic rings. The van der Waals surface area contributed by atoms with E-state index >= 15 is 0 Å². The van der Waals surface area contributed by atoms with Gasteiger partial charge in [0.05, 0.1) is 19.8 Å². The summed E-state index contributed by atoms with van der Waals surface area (Å²) < 4.78 is 44.6. The van der Waals surface area contributed by atoms with Crippen molar-refractivity contribution in [2.45, 2.75) is 65.3 Å². The van der Waals surface area contributed by atoms with Crippen molar-refractivity contribution in [2.75, 3.05) is 25.9 Å². The number of likely N-dealkylation sites (tertiary alicyclic amines) is 1. The van der Waals surface area contributed by atoms with E-state index in [1.54, 1.807) is 13.8 Å². The molecular weight excluding hydrogens is 437 g/mol. The third-order valence-corrected chi connectivity index (χ3v) is 6.50. The topological polar surface area (TPSA) is 144 Å². The minimum absolute atomic E-state index is 0.0698. The monoisotopic (exact) mass is 465 g/mol. The number of carbonyl (C=O) groups excluding carboxylic acids is 4. The van der Waals surface area contributed by atoms with Crippen molar-refractivity contribution in [3.05, 3.63) is 0 Å². The van der Waals surface area contributed by atoms with Crippen LogP contribution >= 0.6 is 7.60 Å². The number of nitrogens with zero attached hydrogens (tertiary/aromatic N) is 1. The number of ether oxygens (including phenoxy) is 4. The quantitative estimate of drug-likeness (QED) is 0.268. The number of esters is 3. The van der Waals surface area contributed by atoms with Crippen molar-refractivity contribution in [3.8, 4) is 0 Å². The largest absolute Gasteiger partial charge is 0.457 e. The first-order chi connectivity index (χ1) is 14.5. The lowest BCUT2D eigenvalue weighted by Gasteiger charge is -2.40. The second-order valence-corrected chi connectivity index (χ2v) is 9.00. The first-order valence-electron chi connectivity index (χ1n) is 9.86. The molecule has 176 valence electrons. The second kappa shape index (κ2) is 10.5. The van der Waals surface area contributed by atoms with Crippen LogP contribution in [0.15, 0.2) is 0 Å². The van der Waals surface area contributed by atoms with Gasteiger partial charge in [0.2, 0.25) is 12.2 Å². The molecule has 1 amide bonds. The highest BCUT2D eigenvalue weighted by atomic mass is 31.2. The van der Waals surface area contributed by atoms with Crippen molar-refractivity contribution in [1.82, 2.24) is 4.90 Å². The van der Waals surface area contributed by atoms with E-state index in [0.717, 1.165) is 13.8 Å². The van der Waals surface area contributed by atoms with E-state index in [2.05, 4.69) is 0 Å². The number of rotatable bonds is 9. The first kappa shape index (κ1) is 25.3. The maximum absolute atomic E-state index is 13.1. The molecule has 2 heterocycles. The lowest BCUT2D eigenvalue weighted by atomic mass is 10.00. The molecule has 0 N–H and O–H groups in total. The van der Waals surface area contributed by atoms with Gasteiger partial charge in [-0.1, -0.05) is 0 Å². The lowest BCUT2D eigenvalue weighted by molar-refractivity contribution is -0.259. The Morgan fingerprint density at radius 2 is 1.42 bits per heavy atom. The Morgan fingerprint density at radius 3 is 1.90 bits per heavy atom. The minimum Gasteiger partial charge on any atom is -0.457 e. The molecule has 13 heteroatoms. The molecule has 2 aliphatic rings. The van der Waals surface area contributed by atoms with Crippen LogP contribution in [-0.4, -0.2) is 85.3 Å². The number of fused-ring (bicyclic) bond motifs is 2. The average Bonchev–Trinajstić information content (AvgIpc) is 2.87. The van der Waals surface area contributed by atoms with E-state index in [0.29, 0.717) is 0 Å². The van der Waals surface area contributed by atoms with Crippen LogP contribution in [0.1, 0.15) is 34.6 Å². The molecule has 0 radical (unpaired) electrons. The van der Waals surface area contributed by atoms with E-state index in [1.165, 1.54) is 11.8 Å². The number of amides is 1. The van der Waals surface area contributed by atoms with Gasteiger partial charge in [-0.25, -0.2) is 0 Å². The molecule has 0 aliphatic carbocycles. The summed E-state index contributed by atoms with van der Waals surface area (Å²) >= 11 is 0. The summed E-state index contributed by atoms with van der Waals surface area (Å²) in [5.74, 6) is -2.69. The number of hydrogen-bond acceptors (Lipinski definition) is 11. The van der Waals surface area contributed by atoms with Crippen LogP contribution in [0.3, 0.4) is 0 Å². The molecule has 0 saturated carbocycles. The second-order valence-electron chi connectivity index (χ2n) is 6.94. The fraction of sp³-hybridized carbons (Fsp3) is 0.778. The van der Waals surface area contributed by atoms with Crippen LogP contribution in [0.5, 0.6) is 0 Å². The Balaban J connectivity index is 2.37. The van der Waals surface area contributed by atoms with Crippen LogP contribution in [-0.2, 0) is 51.7 Å². The van der Waals surface area contributed by atoms with Crippen LogP contribution in [0.2, 0.25) is 0 Å². The van der Waals surface area contributed by atoms with Crippen LogP contribution in [0, 0.1) is 0 Å². The molecule has 12 nitrogen and oxygen atoms in total. The molecule has 0 aromatic carbocycles. The smallest absolute Gasteiger partial charge is 0.340 e. The van der Waals surface area contributed by atoms with Crippen LogP contribution in [0.25, 0.3) is 0 Å². The number of hydrogen-bond donors (Lipinski definition) is 0. The van der Waals surface area contributed by atoms with E-state index < -0.39 is 68.2 Å². The highest BCUT2D eigenvalue weighted by Crippen LogP contribution is 2.49. The minimum atomic E-state index is -3.73. The van der Waals surface area contributed by atoms with Gasteiger partial charge in [0, 0.05) is 20.8 Å². The molecule has 2 aliphatic heterocycles. The van der Waals surface area contributed by atoms with Gasteiger partial charge in [-0.15, -0.1) is 0 Å². The van der Waals surface area contributed by atoms with Crippen LogP contribution in [0.4, 0.5) is 0 Å². The zero-order valence-electron chi connectivity index (χ0n) is 18.1. The third-order valence-electron chi connectivity index (χ3n) is 4.54. The van der Waals surface area contributed by atoms with Gasteiger partial charge in [-0.2, -0.15) is 0 Å². The fourth-order valence-corrected chi connectivity index (χ4v) is 5.23. The molecule has 2 fully saturated rings. The van der Waals surface area contributed by atoms with Gasteiger partial charge in [0.1, 0.15) is 18.3 Å². The standard InChI is InChI=1S/C18H28NO11P/c1-6-25-31(24,26-7-2)9-14(23)19-8-13-16(27-10(3)20)15(19)17(28-11(4)21)18(30-13)29-12(5)22/h13,15-18H,6-9H2,1-5H3/t13-,15+,16-,17+,18+/m1/s1. The normalized spacial score (nSPS) is 27.5. The Kier molecular flexibility index (Phi) is 8.58. The summed E-state index contributed by atoms with van der Waals surface area (Å²) in [5, 5.41) is 0. The van der Waals surface area contributed by atoms with Gasteiger partial charge in [-0.05, 0) is 13.8 Å². The predicted octanol–water partition coefficient (Wildman–Crippen LogP) is 0.615. The molecule has 0 unspecified atom stereocenters. The van der Waals surface area contributed by atoms with E-state index in [9.17, 15) is 23.7 Å². The third kappa shape index (κ3) is 6.25. The molecule has 2 bridgehead atoms. The van der Waals surface area contributed by atoms with Gasteiger partial charge in [-0.3, -0.25) is 23.7 Å². The summed E-state index contributed by atoms with van der Waals surface area (Å²) in [6.07, 6.45) is -5.00. The zero-order valence-corrected chi connectivity index (χ0v) is 19.0. The molecule has 31 heavy (non-hydrogen) atoms. The molecule has 0 aromatic heterocycles. The molecule has 0 spiro atoms.